The zero-order valence-corrected chi connectivity index (χ0v) is 54.6. The molecule has 0 saturated carbocycles. The molecular weight excluding hydrogens is 985 g/mol. The zero-order chi connectivity index (χ0) is 57.8. The second-order valence-corrected chi connectivity index (χ2v) is 25.2. The number of esters is 3. The van der Waals surface area contributed by atoms with Crippen molar-refractivity contribution >= 4 is 17.9 Å². The van der Waals surface area contributed by atoms with Crippen LogP contribution in [0.5, 0.6) is 0 Å². The number of hydrogen-bond acceptors (Lipinski definition) is 6. The van der Waals surface area contributed by atoms with E-state index in [-0.39, 0.29) is 31.1 Å². The number of ether oxygens (including phenoxy) is 3. The van der Waals surface area contributed by atoms with Gasteiger partial charge in [-0.3, -0.25) is 14.4 Å². The third kappa shape index (κ3) is 66.9. The van der Waals surface area contributed by atoms with Crippen molar-refractivity contribution in [3.05, 3.63) is 12.2 Å². The minimum Gasteiger partial charge on any atom is -0.462 e. The minimum atomic E-state index is -0.770. The molecule has 0 rings (SSSR count). The molecule has 1 atom stereocenters. The van der Waals surface area contributed by atoms with Gasteiger partial charge in [0, 0.05) is 19.3 Å². The Morgan fingerprint density at radius 1 is 0.237 bits per heavy atom. The summed E-state index contributed by atoms with van der Waals surface area (Å²) >= 11 is 0. The maximum atomic E-state index is 12.9. The number of carbonyl (C=O) groups is 3. The lowest BCUT2D eigenvalue weighted by Gasteiger charge is -2.18. The van der Waals surface area contributed by atoms with Crippen LogP contribution in [0.1, 0.15) is 425 Å². The summed E-state index contributed by atoms with van der Waals surface area (Å²) in [6.45, 7) is 6.71. The van der Waals surface area contributed by atoms with Gasteiger partial charge in [-0.1, -0.05) is 373 Å². The molecule has 0 bridgehead atoms. The van der Waals surface area contributed by atoms with Gasteiger partial charge in [-0.05, 0) is 44.9 Å². The molecule has 0 aliphatic carbocycles. The van der Waals surface area contributed by atoms with Crippen LogP contribution in [0, 0.1) is 0 Å². The maximum absolute atomic E-state index is 12.9. The van der Waals surface area contributed by atoms with Crippen molar-refractivity contribution in [2.45, 2.75) is 431 Å². The molecule has 0 fully saturated rings. The molecule has 0 amide bonds. The van der Waals surface area contributed by atoms with Crippen molar-refractivity contribution in [1.29, 1.82) is 0 Å². The average Bonchev–Trinajstić information content (AvgIpc) is 3.46. The normalized spacial score (nSPS) is 12.0. The van der Waals surface area contributed by atoms with E-state index in [0.29, 0.717) is 19.3 Å². The monoisotopic (exact) mass is 1130 g/mol. The van der Waals surface area contributed by atoms with Crippen molar-refractivity contribution in [1.82, 2.24) is 0 Å². The van der Waals surface area contributed by atoms with E-state index in [0.717, 1.165) is 64.2 Å². The topological polar surface area (TPSA) is 78.9 Å². The van der Waals surface area contributed by atoms with Crippen LogP contribution in [-0.2, 0) is 28.6 Å². The van der Waals surface area contributed by atoms with Gasteiger partial charge in [0.2, 0.25) is 0 Å². The Morgan fingerprint density at radius 2 is 0.412 bits per heavy atom. The third-order valence-corrected chi connectivity index (χ3v) is 17.0. The van der Waals surface area contributed by atoms with Gasteiger partial charge in [0.05, 0.1) is 0 Å². The first-order valence-electron chi connectivity index (χ1n) is 36.7. The Labute approximate surface area is 501 Å². The average molecular weight is 1130 g/mol. The van der Waals surface area contributed by atoms with Gasteiger partial charge in [-0.15, -0.1) is 0 Å². The number of hydrogen-bond donors (Lipinski definition) is 0. The number of carbonyl (C=O) groups excluding carboxylic acids is 3. The summed E-state index contributed by atoms with van der Waals surface area (Å²) in [6.07, 6.45) is 84.1. The van der Waals surface area contributed by atoms with Crippen LogP contribution in [0.2, 0.25) is 0 Å². The summed E-state index contributed by atoms with van der Waals surface area (Å²) in [6, 6.07) is 0. The van der Waals surface area contributed by atoms with Crippen molar-refractivity contribution in [3.63, 3.8) is 0 Å². The number of allylic oxidation sites excluding steroid dienone is 2. The van der Waals surface area contributed by atoms with E-state index in [4.69, 9.17) is 14.2 Å². The Bertz CT molecular complexity index is 1250. The van der Waals surface area contributed by atoms with Crippen molar-refractivity contribution in [2.75, 3.05) is 13.2 Å². The quantitative estimate of drug-likeness (QED) is 0.0261. The summed E-state index contributed by atoms with van der Waals surface area (Å²) in [5, 5.41) is 0. The molecule has 0 aromatic heterocycles. The molecule has 474 valence electrons. The highest BCUT2D eigenvalue weighted by atomic mass is 16.6. The van der Waals surface area contributed by atoms with Crippen LogP contribution in [-0.4, -0.2) is 37.2 Å². The highest BCUT2D eigenvalue weighted by Crippen LogP contribution is 2.19. The van der Waals surface area contributed by atoms with Crippen LogP contribution in [0.4, 0.5) is 0 Å². The van der Waals surface area contributed by atoms with E-state index in [1.54, 1.807) is 0 Å². The molecule has 0 saturated heterocycles. The third-order valence-electron chi connectivity index (χ3n) is 17.0. The molecule has 0 aliphatic heterocycles. The Hall–Kier alpha value is -1.85. The Morgan fingerprint density at radius 3 is 0.625 bits per heavy atom. The van der Waals surface area contributed by atoms with E-state index in [1.807, 2.05) is 0 Å². The van der Waals surface area contributed by atoms with E-state index >= 15 is 0 Å². The van der Waals surface area contributed by atoms with Gasteiger partial charge in [-0.2, -0.15) is 0 Å². The predicted octanol–water partition coefficient (Wildman–Crippen LogP) is 25.2. The Balaban J connectivity index is 4.06. The largest absolute Gasteiger partial charge is 0.462 e. The van der Waals surface area contributed by atoms with Gasteiger partial charge in [0.25, 0.3) is 0 Å². The van der Waals surface area contributed by atoms with Crippen LogP contribution in [0.3, 0.4) is 0 Å². The van der Waals surface area contributed by atoms with Gasteiger partial charge in [-0.25, -0.2) is 0 Å². The lowest BCUT2D eigenvalue weighted by molar-refractivity contribution is -0.167. The van der Waals surface area contributed by atoms with E-state index in [2.05, 4.69) is 32.9 Å². The summed E-state index contributed by atoms with van der Waals surface area (Å²) in [7, 11) is 0. The predicted molar refractivity (Wildman–Crippen MR) is 349 cm³/mol. The molecule has 0 radical (unpaired) electrons. The fraction of sp³-hybridized carbons (Fsp3) is 0.932. The minimum absolute atomic E-state index is 0.0667. The molecule has 1 unspecified atom stereocenters. The fourth-order valence-electron chi connectivity index (χ4n) is 11.5. The maximum Gasteiger partial charge on any atom is 0.306 e. The van der Waals surface area contributed by atoms with E-state index < -0.39 is 6.10 Å². The molecule has 0 aromatic carbocycles. The standard InChI is InChI=1S/C74H142O6/c1-4-7-10-13-16-19-22-25-28-29-30-31-32-33-34-35-36-37-38-39-40-41-42-43-44-45-47-49-52-55-58-61-64-67-73(76)79-70-71(69-78-72(75)66-63-60-57-54-51-48-27-24-21-18-15-12-9-6-3)80-74(77)68-65-62-59-56-53-50-46-26-23-20-17-14-11-8-5-2/h26,46,71H,4-25,27-45,47-70H2,1-3H3/b46-26-. The number of rotatable bonds is 69. The highest BCUT2D eigenvalue weighted by molar-refractivity contribution is 5.71. The van der Waals surface area contributed by atoms with Crippen molar-refractivity contribution < 1.29 is 28.6 Å². The second kappa shape index (κ2) is 69.6. The first-order valence-corrected chi connectivity index (χ1v) is 36.7. The molecule has 80 heavy (non-hydrogen) atoms. The molecule has 6 nitrogen and oxygen atoms in total. The van der Waals surface area contributed by atoms with Crippen LogP contribution >= 0.6 is 0 Å². The first kappa shape index (κ1) is 78.1. The van der Waals surface area contributed by atoms with Crippen LogP contribution in [0.25, 0.3) is 0 Å². The van der Waals surface area contributed by atoms with Crippen molar-refractivity contribution in [2.24, 2.45) is 0 Å². The van der Waals surface area contributed by atoms with Crippen LogP contribution in [0.15, 0.2) is 12.2 Å². The van der Waals surface area contributed by atoms with Gasteiger partial charge >= 0.3 is 17.9 Å². The molecule has 0 heterocycles. The van der Waals surface area contributed by atoms with Gasteiger partial charge in [0.1, 0.15) is 13.2 Å². The second-order valence-electron chi connectivity index (χ2n) is 25.2. The smallest absolute Gasteiger partial charge is 0.306 e. The first-order chi connectivity index (χ1) is 39.5. The summed E-state index contributed by atoms with van der Waals surface area (Å²) < 4.78 is 17.0. The highest BCUT2D eigenvalue weighted by Gasteiger charge is 2.20. The van der Waals surface area contributed by atoms with E-state index in [9.17, 15) is 14.4 Å². The van der Waals surface area contributed by atoms with E-state index in [1.165, 1.54) is 321 Å². The summed E-state index contributed by atoms with van der Waals surface area (Å²) in [5.74, 6) is -0.842. The number of unbranched alkanes of at least 4 members (excludes halogenated alkanes) is 56. The molecule has 0 N–H and O–H groups in total. The van der Waals surface area contributed by atoms with Gasteiger partial charge in [0.15, 0.2) is 6.10 Å². The molecule has 0 aliphatic rings. The SMILES string of the molecule is CCCCCCCC/C=C\CCCCCCCC(=O)OC(COC(=O)CCCCCCCCCCCCCCCC)COC(=O)CCCCCCCCCCCCCCCCCCCCCCCCCCCCCCCCCCC. The molecule has 0 spiro atoms. The lowest BCUT2D eigenvalue weighted by atomic mass is 10.0. The van der Waals surface area contributed by atoms with Crippen LogP contribution < -0.4 is 0 Å². The molecular formula is C74H142O6. The fourth-order valence-corrected chi connectivity index (χ4v) is 11.5. The lowest BCUT2D eigenvalue weighted by Crippen LogP contribution is -2.30. The van der Waals surface area contributed by atoms with Gasteiger partial charge < -0.3 is 14.2 Å². The van der Waals surface area contributed by atoms with Crippen molar-refractivity contribution in [3.8, 4) is 0 Å². The summed E-state index contributed by atoms with van der Waals surface area (Å²) in [5.41, 5.74) is 0. The molecule has 0 aromatic rings. The Kier molecular flexibility index (Phi) is 68.0. The molecule has 6 heteroatoms. The zero-order valence-electron chi connectivity index (χ0n) is 54.6. The summed E-state index contributed by atoms with van der Waals surface area (Å²) in [4.78, 5) is 38.4.